The van der Waals surface area contributed by atoms with Crippen molar-refractivity contribution >= 4 is 17.7 Å². The number of carbonyl (C=O) groups excluding carboxylic acids is 1. The Morgan fingerprint density at radius 1 is 1.30 bits per heavy atom. The van der Waals surface area contributed by atoms with Crippen LogP contribution in [0, 0.1) is 0 Å². The molecule has 1 aromatic carbocycles. The highest BCUT2D eigenvalue weighted by atomic mass is 32.2. The number of hydrogen-bond donors (Lipinski definition) is 1. The summed E-state index contributed by atoms with van der Waals surface area (Å²) in [6.45, 7) is 4.00. The number of hydrogen-bond acceptors (Lipinski definition) is 5. The normalized spacial score (nSPS) is 12.2. The van der Waals surface area contributed by atoms with Gasteiger partial charge in [0.2, 0.25) is 0 Å². The second kappa shape index (κ2) is 8.87. The summed E-state index contributed by atoms with van der Waals surface area (Å²) in [6, 6.07) is 7.82. The van der Waals surface area contributed by atoms with E-state index in [4.69, 9.17) is 10.5 Å². The minimum Gasteiger partial charge on any atom is -0.491 e. The van der Waals surface area contributed by atoms with Gasteiger partial charge < -0.3 is 15.2 Å². The van der Waals surface area contributed by atoms with Crippen LogP contribution in [0.5, 0.6) is 5.75 Å². The van der Waals surface area contributed by atoms with Crippen molar-refractivity contribution in [2.24, 2.45) is 5.73 Å². The van der Waals surface area contributed by atoms with Gasteiger partial charge in [-0.2, -0.15) is 11.8 Å². The largest absolute Gasteiger partial charge is 0.491 e. The molecule has 0 heterocycles. The van der Waals surface area contributed by atoms with Crippen molar-refractivity contribution in [2.75, 3.05) is 18.6 Å². The third kappa shape index (κ3) is 6.30. The number of nitrogens with two attached hydrogens (primary N) is 1. The molecule has 0 aliphatic heterocycles. The zero-order valence-electron chi connectivity index (χ0n) is 12.3. The minimum atomic E-state index is -0.179. The Bertz CT molecular complexity index is 406. The second-order valence-electron chi connectivity index (χ2n) is 4.74. The van der Waals surface area contributed by atoms with E-state index in [1.165, 1.54) is 7.11 Å². The summed E-state index contributed by atoms with van der Waals surface area (Å²) >= 11 is 1.66. The minimum absolute atomic E-state index is 0.0363. The molecule has 0 aromatic heterocycles. The fraction of sp³-hybridized carbons (Fsp3) is 0.533. The third-order valence-corrected chi connectivity index (χ3v) is 3.74. The van der Waals surface area contributed by atoms with Crippen LogP contribution in [0.15, 0.2) is 24.3 Å². The number of ether oxygens (including phenoxy) is 2. The van der Waals surface area contributed by atoms with Crippen molar-refractivity contribution in [2.45, 2.75) is 32.4 Å². The molecule has 1 atom stereocenters. The maximum absolute atomic E-state index is 11.0. The highest BCUT2D eigenvalue weighted by Crippen LogP contribution is 2.20. The summed E-state index contributed by atoms with van der Waals surface area (Å²) in [5.74, 6) is 2.19. The molecule has 0 saturated heterocycles. The lowest BCUT2D eigenvalue weighted by Crippen LogP contribution is -2.14. The number of benzene rings is 1. The molecule has 0 amide bonds. The molecule has 0 radical (unpaired) electrons. The van der Waals surface area contributed by atoms with Crippen molar-refractivity contribution < 1.29 is 14.3 Å². The average molecular weight is 297 g/mol. The van der Waals surface area contributed by atoms with E-state index in [2.05, 4.69) is 4.74 Å². The van der Waals surface area contributed by atoms with Gasteiger partial charge >= 0.3 is 5.97 Å². The molecule has 0 bridgehead atoms. The maximum Gasteiger partial charge on any atom is 0.306 e. The number of esters is 1. The van der Waals surface area contributed by atoms with Crippen molar-refractivity contribution in [3.05, 3.63) is 29.8 Å². The van der Waals surface area contributed by atoms with Gasteiger partial charge in [-0.15, -0.1) is 0 Å². The summed E-state index contributed by atoms with van der Waals surface area (Å²) < 4.78 is 10.2. The smallest absolute Gasteiger partial charge is 0.306 e. The van der Waals surface area contributed by atoms with Crippen LogP contribution in [0.1, 0.15) is 31.9 Å². The molecule has 20 heavy (non-hydrogen) atoms. The number of rotatable bonds is 8. The number of methoxy groups -OCH3 is 1. The van der Waals surface area contributed by atoms with Crippen LogP contribution in [-0.2, 0) is 9.53 Å². The first-order valence-electron chi connectivity index (χ1n) is 6.69. The van der Waals surface area contributed by atoms with Crippen LogP contribution < -0.4 is 10.5 Å². The van der Waals surface area contributed by atoms with Gasteiger partial charge in [-0.25, -0.2) is 0 Å². The van der Waals surface area contributed by atoms with E-state index in [-0.39, 0.29) is 18.1 Å². The van der Waals surface area contributed by atoms with Gasteiger partial charge in [0.05, 0.1) is 19.6 Å². The Morgan fingerprint density at radius 3 is 2.50 bits per heavy atom. The van der Waals surface area contributed by atoms with Crippen LogP contribution in [-0.4, -0.2) is 30.7 Å². The maximum atomic E-state index is 11.0. The van der Waals surface area contributed by atoms with Crippen LogP contribution in [0.4, 0.5) is 0 Å². The highest BCUT2D eigenvalue weighted by molar-refractivity contribution is 7.99. The summed E-state index contributed by atoms with van der Waals surface area (Å²) in [7, 11) is 1.40. The van der Waals surface area contributed by atoms with E-state index in [9.17, 15) is 4.79 Å². The molecule has 0 aliphatic rings. The van der Waals surface area contributed by atoms with E-state index in [1.54, 1.807) is 11.8 Å². The molecule has 0 spiro atoms. The zero-order chi connectivity index (χ0) is 15.0. The fourth-order valence-corrected chi connectivity index (χ4v) is 2.55. The monoisotopic (exact) mass is 297 g/mol. The average Bonchev–Trinajstić information content (AvgIpc) is 2.43. The molecule has 0 aliphatic carbocycles. The van der Waals surface area contributed by atoms with E-state index in [1.807, 2.05) is 38.1 Å². The molecule has 1 unspecified atom stereocenters. The Morgan fingerprint density at radius 2 is 1.95 bits per heavy atom. The first-order chi connectivity index (χ1) is 9.52. The summed E-state index contributed by atoms with van der Waals surface area (Å²) in [6.07, 6.45) is 0.595. The van der Waals surface area contributed by atoms with Crippen LogP contribution in [0.25, 0.3) is 0 Å². The first kappa shape index (κ1) is 16.9. The van der Waals surface area contributed by atoms with E-state index < -0.39 is 0 Å². The molecule has 2 N–H and O–H groups in total. The van der Waals surface area contributed by atoms with Crippen LogP contribution in [0.3, 0.4) is 0 Å². The van der Waals surface area contributed by atoms with Crippen molar-refractivity contribution in [3.63, 3.8) is 0 Å². The van der Waals surface area contributed by atoms with Gasteiger partial charge in [-0.05, 0) is 31.5 Å². The number of thioether (sulfide) groups is 1. The number of carbonyl (C=O) groups is 1. The lowest BCUT2D eigenvalue weighted by Gasteiger charge is -2.14. The molecule has 112 valence electrons. The van der Waals surface area contributed by atoms with Crippen molar-refractivity contribution in [1.29, 1.82) is 0 Å². The van der Waals surface area contributed by atoms with Crippen LogP contribution in [0.2, 0.25) is 0 Å². The predicted molar refractivity (Wildman–Crippen MR) is 83.1 cm³/mol. The Balaban J connectivity index is 2.35. The summed E-state index contributed by atoms with van der Waals surface area (Å²) in [5.41, 5.74) is 7.19. The quantitative estimate of drug-likeness (QED) is 0.590. The van der Waals surface area contributed by atoms with Crippen molar-refractivity contribution in [1.82, 2.24) is 0 Å². The second-order valence-corrected chi connectivity index (χ2v) is 5.89. The third-order valence-electron chi connectivity index (χ3n) is 2.66. The SMILES string of the molecule is COC(=O)CCSCC(N)c1ccc(OC(C)C)cc1. The summed E-state index contributed by atoms with van der Waals surface area (Å²) in [4.78, 5) is 11.0. The van der Waals surface area contributed by atoms with Gasteiger partial charge in [-0.1, -0.05) is 12.1 Å². The highest BCUT2D eigenvalue weighted by Gasteiger charge is 2.08. The Labute approximate surface area is 125 Å². The lowest BCUT2D eigenvalue weighted by molar-refractivity contribution is -0.140. The lowest BCUT2D eigenvalue weighted by atomic mass is 10.1. The molecular formula is C15H23NO3S. The first-order valence-corrected chi connectivity index (χ1v) is 7.85. The molecule has 0 fully saturated rings. The van der Waals surface area contributed by atoms with Gasteiger partial charge in [0.1, 0.15) is 5.75 Å². The van der Waals surface area contributed by atoms with Gasteiger partial charge in [0, 0.05) is 17.5 Å². The van der Waals surface area contributed by atoms with Gasteiger partial charge in [-0.3, -0.25) is 4.79 Å². The fourth-order valence-electron chi connectivity index (χ4n) is 1.63. The Kier molecular flexibility index (Phi) is 7.47. The van der Waals surface area contributed by atoms with Crippen molar-refractivity contribution in [3.8, 4) is 5.75 Å². The topological polar surface area (TPSA) is 61.5 Å². The molecular weight excluding hydrogens is 274 g/mol. The zero-order valence-corrected chi connectivity index (χ0v) is 13.1. The molecule has 1 rings (SSSR count). The van der Waals surface area contributed by atoms with E-state index >= 15 is 0 Å². The van der Waals surface area contributed by atoms with E-state index in [0.29, 0.717) is 6.42 Å². The standard InChI is InChI=1S/C15H23NO3S/c1-11(2)19-13-6-4-12(5-7-13)14(16)10-20-9-8-15(17)18-3/h4-7,11,14H,8-10,16H2,1-3H3. The Hall–Kier alpha value is -1.20. The molecule has 4 nitrogen and oxygen atoms in total. The van der Waals surface area contributed by atoms with Gasteiger partial charge in [0.15, 0.2) is 0 Å². The molecule has 1 aromatic rings. The molecule has 0 saturated carbocycles. The molecule has 5 heteroatoms. The predicted octanol–water partition coefficient (Wildman–Crippen LogP) is 2.77. The van der Waals surface area contributed by atoms with Gasteiger partial charge in [0.25, 0.3) is 0 Å². The summed E-state index contributed by atoms with van der Waals surface area (Å²) in [5, 5.41) is 0. The van der Waals surface area contributed by atoms with Crippen LogP contribution >= 0.6 is 11.8 Å². The van der Waals surface area contributed by atoms with E-state index in [0.717, 1.165) is 22.8 Å².